The first-order valence-electron chi connectivity index (χ1n) is 10.0. The van der Waals surface area contributed by atoms with Gasteiger partial charge in [-0.2, -0.15) is 15.0 Å². The second-order valence-electron chi connectivity index (χ2n) is 6.80. The molecule has 3 heterocycles. The number of hydrogen-bond acceptors (Lipinski definition) is 8. The fraction of sp³-hybridized carbons (Fsp3) is 0.833. The molecule has 3 rings (SSSR count). The van der Waals surface area contributed by atoms with Crippen molar-refractivity contribution in [1.29, 1.82) is 0 Å². The van der Waals surface area contributed by atoms with Crippen LogP contribution in [-0.2, 0) is 9.47 Å². The lowest BCUT2D eigenvalue weighted by molar-refractivity contribution is 0.121. The summed E-state index contributed by atoms with van der Waals surface area (Å²) in [4.78, 5) is 18.4. The zero-order valence-corrected chi connectivity index (χ0v) is 16.0. The van der Waals surface area contributed by atoms with Gasteiger partial charge in [0.05, 0.1) is 26.4 Å². The van der Waals surface area contributed by atoms with Crippen molar-refractivity contribution in [3.8, 4) is 0 Å². The fourth-order valence-electron chi connectivity index (χ4n) is 3.17. The maximum Gasteiger partial charge on any atom is 0.232 e. The maximum atomic E-state index is 5.45. The second-order valence-corrected chi connectivity index (χ2v) is 6.80. The lowest BCUT2D eigenvalue weighted by Crippen LogP contribution is -2.40. The van der Waals surface area contributed by atoms with Crippen LogP contribution in [0.25, 0.3) is 0 Å². The van der Waals surface area contributed by atoms with Gasteiger partial charge in [-0.3, -0.25) is 0 Å². The van der Waals surface area contributed by atoms with Gasteiger partial charge < -0.3 is 24.6 Å². The van der Waals surface area contributed by atoms with E-state index in [-0.39, 0.29) is 0 Å². The lowest BCUT2D eigenvalue weighted by atomic mass is 10.1. The molecular weight excluding hydrogens is 332 g/mol. The summed E-state index contributed by atoms with van der Waals surface area (Å²) in [6.07, 6.45) is 6.28. The van der Waals surface area contributed by atoms with E-state index in [0.717, 1.165) is 77.5 Å². The van der Waals surface area contributed by atoms with E-state index in [9.17, 15) is 0 Å². The Balaban J connectivity index is 1.65. The lowest BCUT2D eigenvalue weighted by Gasteiger charge is -2.30. The molecule has 0 saturated carbocycles. The van der Waals surface area contributed by atoms with E-state index in [0.29, 0.717) is 5.95 Å². The van der Waals surface area contributed by atoms with Gasteiger partial charge >= 0.3 is 0 Å². The van der Waals surface area contributed by atoms with Crippen molar-refractivity contribution >= 4 is 17.8 Å². The molecule has 8 nitrogen and oxygen atoms in total. The predicted molar refractivity (Wildman–Crippen MR) is 103 cm³/mol. The van der Waals surface area contributed by atoms with Crippen molar-refractivity contribution in [2.24, 2.45) is 0 Å². The molecule has 0 bridgehead atoms. The van der Waals surface area contributed by atoms with E-state index < -0.39 is 0 Å². The minimum atomic E-state index is 0.679. The molecule has 146 valence electrons. The molecule has 0 amide bonds. The van der Waals surface area contributed by atoms with Crippen molar-refractivity contribution in [2.45, 2.75) is 39.0 Å². The molecule has 2 aliphatic rings. The molecule has 2 fully saturated rings. The van der Waals surface area contributed by atoms with Crippen molar-refractivity contribution in [2.75, 3.05) is 74.3 Å². The predicted octanol–water partition coefficient (Wildman–Crippen LogP) is 1.93. The summed E-state index contributed by atoms with van der Waals surface area (Å²) in [6.45, 7) is 9.31. The average Bonchev–Trinajstić information content (AvgIpc) is 2.72. The first-order chi connectivity index (χ1) is 12.9. The normalized spacial score (nSPS) is 18.2. The Morgan fingerprint density at radius 2 is 1.31 bits per heavy atom. The van der Waals surface area contributed by atoms with Crippen LogP contribution >= 0.6 is 0 Å². The van der Waals surface area contributed by atoms with E-state index in [2.05, 4.69) is 32.0 Å². The van der Waals surface area contributed by atoms with Gasteiger partial charge in [-0.25, -0.2) is 0 Å². The van der Waals surface area contributed by atoms with Gasteiger partial charge in [-0.1, -0.05) is 32.6 Å². The van der Waals surface area contributed by atoms with Crippen LogP contribution in [0.5, 0.6) is 0 Å². The number of nitrogens with zero attached hydrogens (tertiary/aromatic N) is 5. The van der Waals surface area contributed by atoms with Crippen LogP contribution in [0.4, 0.5) is 17.8 Å². The Labute approximate surface area is 156 Å². The molecule has 0 unspecified atom stereocenters. The Bertz CT molecular complexity index is 496. The van der Waals surface area contributed by atoms with Gasteiger partial charge in [0.15, 0.2) is 0 Å². The third-order valence-electron chi connectivity index (χ3n) is 4.76. The number of ether oxygens (including phenoxy) is 2. The highest BCUT2D eigenvalue weighted by atomic mass is 16.5. The molecule has 1 aromatic heterocycles. The number of nitrogens with one attached hydrogen (secondary N) is 1. The van der Waals surface area contributed by atoms with Gasteiger partial charge in [0.25, 0.3) is 0 Å². The van der Waals surface area contributed by atoms with Gasteiger partial charge in [-0.05, 0) is 6.42 Å². The first kappa shape index (κ1) is 19.1. The molecule has 0 aromatic carbocycles. The standard InChI is InChI=1S/C18H32N6O2/c1-2-3-4-5-6-7-19-16-20-17(23-8-12-25-13-9-23)22-18(21-16)24-10-14-26-15-11-24/h2-15H2,1H3,(H,19,20,21,22). The number of rotatable bonds is 9. The summed E-state index contributed by atoms with van der Waals surface area (Å²) < 4.78 is 10.9. The average molecular weight is 364 g/mol. The van der Waals surface area contributed by atoms with Crippen LogP contribution in [0.15, 0.2) is 0 Å². The van der Waals surface area contributed by atoms with Crippen LogP contribution in [0.3, 0.4) is 0 Å². The number of morpholine rings is 2. The Morgan fingerprint density at radius 3 is 1.85 bits per heavy atom. The molecule has 26 heavy (non-hydrogen) atoms. The third-order valence-corrected chi connectivity index (χ3v) is 4.76. The summed E-state index contributed by atoms with van der Waals surface area (Å²) in [6, 6.07) is 0. The smallest absolute Gasteiger partial charge is 0.232 e. The van der Waals surface area contributed by atoms with Crippen LogP contribution in [0.1, 0.15) is 39.0 Å². The van der Waals surface area contributed by atoms with Crippen molar-refractivity contribution < 1.29 is 9.47 Å². The topological polar surface area (TPSA) is 75.6 Å². The quantitative estimate of drug-likeness (QED) is 0.666. The van der Waals surface area contributed by atoms with Crippen LogP contribution in [-0.4, -0.2) is 74.1 Å². The Kier molecular flexibility index (Phi) is 7.69. The highest BCUT2D eigenvalue weighted by molar-refractivity contribution is 5.45. The SMILES string of the molecule is CCCCCCCNc1nc(N2CCOCC2)nc(N2CCOCC2)n1. The van der Waals surface area contributed by atoms with Crippen molar-refractivity contribution in [1.82, 2.24) is 15.0 Å². The van der Waals surface area contributed by atoms with Gasteiger partial charge in [0.2, 0.25) is 17.8 Å². The molecule has 0 radical (unpaired) electrons. The zero-order valence-electron chi connectivity index (χ0n) is 16.0. The monoisotopic (exact) mass is 364 g/mol. The van der Waals surface area contributed by atoms with E-state index >= 15 is 0 Å². The summed E-state index contributed by atoms with van der Waals surface area (Å²) in [5.74, 6) is 2.18. The second kappa shape index (κ2) is 10.5. The molecule has 8 heteroatoms. The van der Waals surface area contributed by atoms with E-state index in [1.807, 2.05) is 0 Å². The minimum absolute atomic E-state index is 0.679. The van der Waals surface area contributed by atoms with E-state index in [1.54, 1.807) is 0 Å². The van der Waals surface area contributed by atoms with Crippen LogP contribution < -0.4 is 15.1 Å². The fourth-order valence-corrected chi connectivity index (χ4v) is 3.17. The van der Waals surface area contributed by atoms with Crippen molar-refractivity contribution in [3.05, 3.63) is 0 Å². The van der Waals surface area contributed by atoms with Gasteiger partial charge in [-0.15, -0.1) is 0 Å². The third kappa shape index (κ3) is 5.67. The number of unbranched alkanes of at least 4 members (excludes halogenated alkanes) is 4. The summed E-state index contributed by atoms with van der Waals surface area (Å²) in [5.41, 5.74) is 0. The Morgan fingerprint density at radius 1 is 0.769 bits per heavy atom. The van der Waals surface area contributed by atoms with Gasteiger partial charge in [0.1, 0.15) is 0 Å². The summed E-state index contributed by atoms with van der Waals surface area (Å²) in [7, 11) is 0. The number of anilines is 3. The highest BCUT2D eigenvalue weighted by Gasteiger charge is 2.20. The summed E-state index contributed by atoms with van der Waals surface area (Å²) in [5, 5.41) is 3.40. The first-order valence-corrected chi connectivity index (χ1v) is 10.0. The molecule has 0 atom stereocenters. The molecule has 2 saturated heterocycles. The molecule has 0 spiro atoms. The van der Waals surface area contributed by atoms with Crippen molar-refractivity contribution in [3.63, 3.8) is 0 Å². The maximum absolute atomic E-state index is 5.45. The van der Waals surface area contributed by atoms with Crippen LogP contribution in [0, 0.1) is 0 Å². The number of aromatic nitrogens is 3. The van der Waals surface area contributed by atoms with Crippen LogP contribution in [0.2, 0.25) is 0 Å². The zero-order chi connectivity index (χ0) is 18.0. The minimum Gasteiger partial charge on any atom is -0.378 e. The highest BCUT2D eigenvalue weighted by Crippen LogP contribution is 2.18. The van der Waals surface area contributed by atoms with Gasteiger partial charge in [0, 0.05) is 32.7 Å². The van der Waals surface area contributed by atoms with E-state index in [1.165, 1.54) is 25.7 Å². The van der Waals surface area contributed by atoms with E-state index in [4.69, 9.17) is 14.5 Å². The number of hydrogen-bond donors (Lipinski definition) is 1. The molecule has 0 aliphatic carbocycles. The Hall–Kier alpha value is -1.67. The molecular formula is C18H32N6O2. The molecule has 2 aliphatic heterocycles. The molecule has 1 N–H and O–H groups in total. The largest absolute Gasteiger partial charge is 0.378 e. The molecule has 1 aromatic rings. The summed E-state index contributed by atoms with van der Waals surface area (Å²) >= 11 is 0.